The van der Waals surface area contributed by atoms with E-state index in [1.165, 1.54) is 24.2 Å². The molecule has 0 unspecified atom stereocenters. The highest BCUT2D eigenvalue weighted by Gasteiger charge is 2.20. The number of aryl methyl sites for hydroxylation is 1. The Morgan fingerprint density at radius 1 is 1.50 bits per heavy atom. The molecule has 5 nitrogen and oxygen atoms in total. The van der Waals surface area contributed by atoms with E-state index in [9.17, 15) is 8.42 Å². The maximum atomic E-state index is 11.7. The molecule has 0 aliphatic heterocycles. The fraction of sp³-hybridized carbons (Fsp3) is 0.727. The Morgan fingerprint density at radius 2 is 2.28 bits per heavy atom. The first-order valence-electron chi connectivity index (χ1n) is 6.17. The van der Waals surface area contributed by atoms with Crippen LogP contribution in [0.2, 0.25) is 0 Å². The molecule has 1 aliphatic carbocycles. The summed E-state index contributed by atoms with van der Waals surface area (Å²) >= 11 is 1.53. The van der Waals surface area contributed by atoms with Crippen LogP contribution in [0, 0.1) is 6.92 Å². The molecule has 102 valence electrons. The monoisotopic (exact) mass is 289 g/mol. The lowest BCUT2D eigenvalue weighted by molar-refractivity contribution is 0.573. The van der Waals surface area contributed by atoms with E-state index in [-0.39, 0.29) is 5.75 Å². The fourth-order valence-corrected chi connectivity index (χ4v) is 3.25. The summed E-state index contributed by atoms with van der Waals surface area (Å²) in [6.07, 6.45) is 3.12. The third-order valence-electron chi connectivity index (χ3n) is 2.74. The summed E-state index contributed by atoms with van der Waals surface area (Å²) in [7, 11) is -3.17. The molecule has 2 N–H and O–H groups in total. The number of rotatable bonds is 8. The third-order valence-corrected chi connectivity index (χ3v) is 4.97. The van der Waals surface area contributed by atoms with Gasteiger partial charge in [-0.05, 0) is 32.7 Å². The average molecular weight is 289 g/mol. The molecule has 0 aromatic carbocycles. The van der Waals surface area contributed by atoms with E-state index in [1.807, 2.05) is 12.3 Å². The van der Waals surface area contributed by atoms with E-state index in [1.54, 1.807) is 0 Å². The van der Waals surface area contributed by atoms with E-state index in [2.05, 4.69) is 15.0 Å². The lowest BCUT2D eigenvalue weighted by atomic mass is 10.5. The number of nitrogens with one attached hydrogen (secondary N) is 2. The van der Waals surface area contributed by atoms with Crippen LogP contribution in [-0.4, -0.2) is 31.7 Å². The molecule has 0 spiro atoms. The maximum absolute atomic E-state index is 11.7. The minimum atomic E-state index is -3.17. The highest BCUT2D eigenvalue weighted by Crippen LogP contribution is 2.18. The fourth-order valence-electron chi connectivity index (χ4n) is 1.60. The molecule has 7 heteroatoms. The van der Waals surface area contributed by atoms with Gasteiger partial charge in [0.15, 0.2) is 0 Å². The predicted molar refractivity (Wildman–Crippen MR) is 73.1 cm³/mol. The highest BCUT2D eigenvalue weighted by atomic mass is 32.2. The van der Waals surface area contributed by atoms with Crippen LogP contribution in [0.25, 0.3) is 0 Å². The summed E-state index contributed by atoms with van der Waals surface area (Å²) in [5, 5.41) is 6.14. The predicted octanol–water partition coefficient (Wildman–Crippen LogP) is 1.01. The first kappa shape index (κ1) is 13.9. The molecule has 0 radical (unpaired) electrons. The van der Waals surface area contributed by atoms with Gasteiger partial charge in [-0.3, -0.25) is 0 Å². The number of hydrogen-bond donors (Lipinski definition) is 2. The zero-order valence-corrected chi connectivity index (χ0v) is 12.1. The minimum Gasteiger partial charge on any atom is -0.314 e. The second kappa shape index (κ2) is 6.10. The topological polar surface area (TPSA) is 71.1 Å². The smallest absolute Gasteiger partial charge is 0.211 e. The Balaban J connectivity index is 1.66. The minimum absolute atomic E-state index is 0.176. The van der Waals surface area contributed by atoms with Crippen molar-refractivity contribution >= 4 is 21.4 Å². The van der Waals surface area contributed by atoms with Gasteiger partial charge in [0.05, 0.1) is 23.0 Å². The molecule has 0 bridgehead atoms. The van der Waals surface area contributed by atoms with Crippen molar-refractivity contribution in [2.75, 3.05) is 12.3 Å². The van der Waals surface area contributed by atoms with Crippen molar-refractivity contribution in [3.8, 4) is 0 Å². The van der Waals surface area contributed by atoms with Crippen molar-refractivity contribution in [2.45, 2.75) is 38.8 Å². The Labute approximate surface area is 112 Å². The van der Waals surface area contributed by atoms with Crippen LogP contribution in [0.1, 0.15) is 30.0 Å². The normalized spacial score (nSPS) is 16.1. The lowest BCUT2D eigenvalue weighted by Gasteiger charge is -2.05. The molecular formula is C11H19N3O2S2. The molecule has 1 aliphatic rings. The first-order valence-corrected chi connectivity index (χ1v) is 8.70. The van der Waals surface area contributed by atoms with E-state index in [0.29, 0.717) is 19.0 Å². The van der Waals surface area contributed by atoms with Gasteiger partial charge < -0.3 is 5.32 Å². The van der Waals surface area contributed by atoms with Gasteiger partial charge in [-0.2, -0.15) is 0 Å². The van der Waals surface area contributed by atoms with Crippen LogP contribution < -0.4 is 10.0 Å². The number of nitrogens with zero attached hydrogens (tertiary/aromatic N) is 1. The summed E-state index contributed by atoms with van der Waals surface area (Å²) in [5.41, 5.74) is 0.789. The molecule has 0 amide bonds. The number of thiazole rings is 1. The molecule has 1 saturated carbocycles. The maximum Gasteiger partial charge on any atom is 0.211 e. The summed E-state index contributed by atoms with van der Waals surface area (Å²) in [4.78, 5) is 4.22. The van der Waals surface area contributed by atoms with Crippen molar-refractivity contribution in [2.24, 2.45) is 0 Å². The average Bonchev–Trinajstić information content (AvgIpc) is 3.04. The lowest BCUT2D eigenvalue weighted by Crippen LogP contribution is -2.28. The third kappa shape index (κ3) is 5.01. The van der Waals surface area contributed by atoms with Crippen LogP contribution in [0.15, 0.2) is 5.38 Å². The second-order valence-electron chi connectivity index (χ2n) is 4.58. The van der Waals surface area contributed by atoms with Gasteiger partial charge in [-0.15, -0.1) is 11.3 Å². The molecule has 1 heterocycles. The van der Waals surface area contributed by atoms with Crippen molar-refractivity contribution in [1.82, 2.24) is 15.0 Å². The zero-order chi connectivity index (χ0) is 13.0. The van der Waals surface area contributed by atoms with E-state index < -0.39 is 10.0 Å². The van der Waals surface area contributed by atoms with Gasteiger partial charge in [0.1, 0.15) is 0 Å². The Bertz CT molecular complexity index is 480. The molecule has 1 aromatic rings. The molecule has 2 rings (SSSR count). The molecule has 0 saturated heterocycles. The van der Waals surface area contributed by atoms with Crippen LogP contribution in [0.3, 0.4) is 0 Å². The number of hydrogen-bond acceptors (Lipinski definition) is 5. The number of sulfonamides is 1. The second-order valence-corrected chi connectivity index (χ2v) is 7.57. The molecule has 1 aromatic heterocycles. The quantitative estimate of drug-likeness (QED) is 0.701. The molecule has 18 heavy (non-hydrogen) atoms. The van der Waals surface area contributed by atoms with Gasteiger partial charge in [-0.1, -0.05) is 0 Å². The standard InChI is InChI=1S/C11H19N3O2S2/c1-9-14-11(8-17-9)7-13-18(15,16)6-2-5-12-10-3-4-10/h8,10,12-13H,2-7H2,1H3. The van der Waals surface area contributed by atoms with Gasteiger partial charge in [-0.25, -0.2) is 18.1 Å². The summed E-state index contributed by atoms with van der Waals surface area (Å²) in [6, 6.07) is 0.638. The van der Waals surface area contributed by atoms with Gasteiger partial charge in [0, 0.05) is 11.4 Å². The van der Waals surface area contributed by atoms with Gasteiger partial charge in [0.25, 0.3) is 0 Å². The van der Waals surface area contributed by atoms with Crippen LogP contribution >= 0.6 is 11.3 Å². The molecule has 0 atom stereocenters. The summed E-state index contributed by atoms with van der Waals surface area (Å²) in [5.74, 6) is 0.176. The van der Waals surface area contributed by atoms with Gasteiger partial charge >= 0.3 is 0 Å². The van der Waals surface area contributed by atoms with E-state index in [0.717, 1.165) is 17.2 Å². The van der Waals surface area contributed by atoms with Crippen molar-refractivity contribution < 1.29 is 8.42 Å². The van der Waals surface area contributed by atoms with Crippen molar-refractivity contribution in [3.05, 3.63) is 16.1 Å². The first-order chi connectivity index (χ1) is 8.55. The Morgan fingerprint density at radius 3 is 2.89 bits per heavy atom. The molecule has 1 fully saturated rings. The summed E-state index contributed by atoms with van der Waals surface area (Å²) < 4.78 is 26.0. The van der Waals surface area contributed by atoms with Crippen LogP contribution in [0.5, 0.6) is 0 Å². The number of aromatic nitrogens is 1. The SMILES string of the molecule is Cc1nc(CNS(=O)(=O)CCCNC2CC2)cs1. The zero-order valence-electron chi connectivity index (χ0n) is 10.5. The van der Waals surface area contributed by atoms with Crippen molar-refractivity contribution in [1.29, 1.82) is 0 Å². The van der Waals surface area contributed by atoms with Gasteiger partial charge in [0.2, 0.25) is 10.0 Å². The van der Waals surface area contributed by atoms with Crippen LogP contribution in [0.4, 0.5) is 0 Å². The van der Waals surface area contributed by atoms with E-state index >= 15 is 0 Å². The Kier molecular flexibility index (Phi) is 4.71. The largest absolute Gasteiger partial charge is 0.314 e. The summed E-state index contributed by atoms with van der Waals surface area (Å²) in [6.45, 7) is 2.98. The van der Waals surface area contributed by atoms with E-state index in [4.69, 9.17) is 0 Å². The highest BCUT2D eigenvalue weighted by molar-refractivity contribution is 7.89. The Hall–Kier alpha value is -0.500. The van der Waals surface area contributed by atoms with Crippen LogP contribution in [-0.2, 0) is 16.6 Å². The molecular weight excluding hydrogens is 270 g/mol. The van der Waals surface area contributed by atoms with Crippen molar-refractivity contribution in [3.63, 3.8) is 0 Å².